The van der Waals surface area contributed by atoms with Crippen molar-refractivity contribution in [2.75, 3.05) is 26.4 Å². The first-order valence-corrected chi connectivity index (χ1v) is 10.7. The van der Waals surface area contributed by atoms with Crippen molar-refractivity contribution in [1.82, 2.24) is 15.4 Å². The van der Waals surface area contributed by atoms with E-state index in [0.29, 0.717) is 19.1 Å². The highest BCUT2D eigenvalue weighted by atomic mass is 127. The maximum absolute atomic E-state index is 11.0. The van der Waals surface area contributed by atoms with Gasteiger partial charge in [0.1, 0.15) is 0 Å². The summed E-state index contributed by atoms with van der Waals surface area (Å²) in [6.45, 7) is 3.33. The molecule has 1 atom stereocenters. The Morgan fingerprint density at radius 3 is 2.46 bits per heavy atom. The topological polar surface area (TPSA) is 82.6 Å². The van der Waals surface area contributed by atoms with E-state index in [1.54, 1.807) is 7.05 Å². The Morgan fingerprint density at radius 2 is 1.88 bits per heavy atom. The van der Waals surface area contributed by atoms with E-state index >= 15 is 0 Å². The Labute approximate surface area is 165 Å². The van der Waals surface area contributed by atoms with Crippen LogP contribution in [-0.2, 0) is 10.0 Å². The van der Waals surface area contributed by atoms with E-state index < -0.39 is 10.0 Å². The molecule has 3 N–H and O–H groups in total. The summed E-state index contributed by atoms with van der Waals surface area (Å²) in [5.74, 6) is 1.70. The van der Waals surface area contributed by atoms with Gasteiger partial charge in [-0.15, -0.1) is 24.0 Å². The van der Waals surface area contributed by atoms with Crippen molar-refractivity contribution in [1.29, 1.82) is 0 Å². The lowest BCUT2D eigenvalue weighted by Gasteiger charge is -2.24. The molecule has 1 rings (SSSR count). The Kier molecular flexibility index (Phi) is 13.1. The fourth-order valence-corrected chi connectivity index (χ4v) is 3.53. The van der Waals surface area contributed by atoms with Gasteiger partial charge in [0, 0.05) is 26.2 Å². The van der Waals surface area contributed by atoms with Crippen molar-refractivity contribution < 1.29 is 8.42 Å². The molecule has 6 nitrogen and oxygen atoms in total. The van der Waals surface area contributed by atoms with Gasteiger partial charge < -0.3 is 10.6 Å². The van der Waals surface area contributed by atoms with Crippen LogP contribution in [0.15, 0.2) is 4.99 Å². The van der Waals surface area contributed by atoms with Gasteiger partial charge >= 0.3 is 0 Å². The highest BCUT2D eigenvalue weighted by molar-refractivity contribution is 14.0. The Balaban J connectivity index is 0.00000529. The average Bonchev–Trinajstić information content (AvgIpc) is 2.51. The largest absolute Gasteiger partial charge is 0.356 e. The molecule has 0 spiro atoms. The third-order valence-corrected chi connectivity index (χ3v) is 5.08. The first-order chi connectivity index (χ1) is 10.9. The molecule has 8 heteroatoms. The third kappa shape index (κ3) is 12.3. The van der Waals surface area contributed by atoms with Crippen LogP contribution in [0.25, 0.3) is 0 Å². The SMILES string of the molecule is CN=C(NCCCNS(C)(=O)=O)NC(C)CCC1CCCCC1.I. The van der Waals surface area contributed by atoms with E-state index in [0.717, 1.165) is 18.3 Å². The summed E-state index contributed by atoms with van der Waals surface area (Å²) in [4.78, 5) is 4.22. The maximum atomic E-state index is 11.0. The van der Waals surface area contributed by atoms with Crippen LogP contribution in [0.5, 0.6) is 0 Å². The maximum Gasteiger partial charge on any atom is 0.208 e. The molecule has 1 unspecified atom stereocenters. The normalized spacial score (nSPS) is 17.9. The van der Waals surface area contributed by atoms with Gasteiger partial charge in [-0.2, -0.15) is 0 Å². The van der Waals surface area contributed by atoms with Crippen LogP contribution in [0.1, 0.15) is 58.3 Å². The summed E-state index contributed by atoms with van der Waals surface area (Å²) < 4.78 is 24.4. The average molecular weight is 474 g/mol. The predicted molar refractivity (Wildman–Crippen MR) is 113 cm³/mol. The molecule has 0 aromatic heterocycles. The number of rotatable bonds is 9. The summed E-state index contributed by atoms with van der Waals surface area (Å²) in [6, 6.07) is 0.400. The van der Waals surface area contributed by atoms with Gasteiger partial charge in [0.2, 0.25) is 10.0 Å². The Bertz CT molecular complexity index is 451. The number of nitrogens with one attached hydrogen (secondary N) is 3. The lowest BCUT2D eigenvalue weighted by atomic mass is 9.85. The summed E-state index contributed by atoms with van der Waals surface area (Å²) in [6.07, 6.45) is 11.4. The summed E-state index contributed by atoms with van der Waals surface area (Å²) in [5.41, 5.74) is 0. The second kappa shape index (κ2) is 13.2. The van der Waals surface area contributed by atoms with Crippen LogP contribution >= 0.6 is 24.0 Å². The highest BCUT2D eigenvalue weighted by Crippen LogP contribution is 2.27. The van der Waals surface area contributed by atoms with Crippen molar-refractivity contribution >= 4 is 40.0 Å². The second-order valence-corrected chi connectivity index (χ2v) is 8.48. The molecule has 0 bridgehead atoms. The predicted octanol–water partition coefficient (Wildman–Crippen LogP) is 2.46. The summed E-state index contributed by atoms with van der Waals surface area (Å²) >= 11 is 0. The first kappa shape index (κ1) is 23.9. The summed E-state index contributed by atoms with van der Waals surface area (Å²) in [5, 5.41) is 6.64. The smallest absolute Gasteiger partial charge is 0.208 e. The third-order valence-electron chi connectivity index (χ3n) is 4.35. The van der Waals surface area contributed by atoms with Crippen LogP contribution in [0.3, 0.4) is 0 Å². The standard InChI is InChI=1S/C16H34N4O2S.HI/c1-14(10-11-15-8-5-4-6-9-15)20-16(17-2)18-12-7-13-19-23(3,21)22;/h14-15,19H,4-13H2,1-3H3,(H2,17,18,20);1H. The number of hydrogen-bond acceptors (Lipinski definition) is 3. The Hall–Kier alpha value is -0.0900. The number of hydrogen-bond donors (Lipinski definition) is 3. The zero-order chi connectivity index (χ0) is 17.1. The van der Waals surface area contributed by atoms with Gasteiger partial charge in [-0.25, -0.2) is 13.1 Å². The molecule has 1 fully saturated rings. The minimum atomic E-state index is -3.09. The van der Waals surface area contributed by atoms with Gasteiger partial charge in [-0.1, -0.05) is 32.1 Å². The van der Waals surface area contributed by atoms with Crippen molar-refractivity contribution in [2.24, 2.45) is 10.9 Å². The number of nitrogens with zero attached hydrogens (tertiary/aromatic N) is 1. The zero-order valence-electron chi connectivity index (χ0n) is 15.3. The highest BCUT2D eigenvalue weighted by Gasteiger charge is 2.14. The lowest BCUT2D eigenvalue weighted by Crippen LogP contribution is -2.43. The van der Waals surface area contributed by atoms with Crippen molar-refractivity contribution in [3.63, 3.8) is 0 Å². The van der Waals surface area contributed by atoms with Crippen LogP contribution in [-0.4, -0.2) is 46.8 Å². The molecule has 0 aromatic rings. The summed E-state index contributed by atoms with van der Waals surface area (Å²) in [7, 11) is -1.33. The molecule has 0 aliphatic heterocycles. The number of halogens is 1. The number of aliphatic imine (C=N–C) groups is 1. The molecule has 0 amide bonds. The van der Waals surface area contributed by atoms with Crippen molar-refractivity contribution in [2.45, 2.75) is 64.3 Å². The van der Waals surface area contributed by atoms with Crippen LogP contribution < -0.4 is 15.4 Å². The molecule has 144 valence electrons. The monoisotopic (exact) mass is 474 g/mol. The molecule has 1 saturated carbocycles. The molecular weight excluding hydrogens is 439 g/mol. The van der Waals surface area contributed by atoms with Gasteiger partial charge in [0.05, 0.1) is 6.26 Å². The zero-order valence-corrected chi connectivity index (χ0v) is 18.5. The van der Waals surface area contributed by atoms with E-state index in [9.17, 15) is 8.42 Å². The van der Waals surface area contributed by atoms with E-state index in [4.69, 9.17) is 0 Å². The minimum absolute atomic E-state index is 0. The molecule has 0 radical (unpaired) electrons. The fourth-order valence-electron chi connectivity index (χ4n) is 3.01. The van der Waals surface area contributed by atoms with E-state index in [1.807, 2.05) is 0 Å². The number of sulfonamides is 1. The molecule has 1 aliphatic carbocycles. The minimum Gasteiger partial charge on any atom is -0.356 e. The fraction of sp³-hybridized carbons (Fsp3) is 0.938. The molecule has 0 heterocycles. The van der Waals surface area contributed by atoms with Gasteiger partial charge in [0.15, 0.2) is 5.96 Å². The second-order valence-electron chi connectivity index (χ2n) is 6.65. The quantitative estimate of drug-likeness (QED) is 0.208. The van der Waals surface area contributed by atoms with Gasteiger partial charge in [-0.05, 0) is 32.1 Å². The molecule has 0 aromatic carbocycles. The van der Waals surface area contributed by atoms with Crippen molar-refractivity contribution in [3.8, 4) is 0 Å². The molecule has 0 saturated heterocycles. The number of guanidine groups is 1. The van der Waals surface area contributed by atoms with Gasteiger partial charge in [-0.3, -0.25) is 4.99 Å². The molecular formula is C16H35IN4O2S. The van der Waals surface area contributed by atoms with Crippen LogP contribution in [0, 0.1) is 5.92 Å². The van der Waals surface area contributed by atoms with Crippen LogP contribution in [0.4, 0.5) is 0 Å². The van der Waals surface area contributed by atoms with Crippen LogP contribution in [0.2, 0.25) is 0 Å². The van der Waals surface area contributed by atoms with E-state index in [-0.39, 0.29) is 24.0 Å². The lowest BCUT2D eigenvalue weighted by molar-refractivity contribution is 0.322. The first-order valence-electron chi connectivity index (χ1n) is 8.82. The van der Waals surface area contributed by atoms with Gasteiger partial charge in [0.25, 0.3) is 0 Å². The Morgan fingerprint density at radius 1 is 1.21 bits per heavy atom. The van der Waals surface area contributed by atoms with Crippen molar-refractivity contribution in [3.05, 3.63) is 0 Å². The van der Waals surface area contributed by atoms with E-state index in [2.05, 4.69) is 27.3 Å². The molecule has 24 heavy (non-hydrogen) atoms. The molecule has 1 aliphatic rings. The van der Waals surface area contributed by atoms with E-state index in [1.165, 1.54) is 51.2 Å².